The number of hydrogen-bond donors (Lipinski definition) is 0. The second-order valence-corrected chi connectivity index (χ2v) is 9.60. The number of nitrogens with zero attached hydrogens (tertiary/aromatic N) is 2. The zero-order valence-corrected chi connectivity index (χ0v) is 19.5. The minimum Gasteiger partial charge on any atom is -0.497 e. The Morgan fingerprint density at radius 1 is 0.727 bits per heavy atom. The van der Waals surface area contributed by atoms with Gasteiger partial charge in [0, 0.05) is 38.0 Å². The molecular formula is C27H32N2O4. The molecule has 2 aromatic carbocycles. The van der Waals surface area contributed by atoms with E-state index in [1.807, 2.05) is 34.1 Å². The number of rotatable bonds is 6. The first-order valence-electron chi connectivity index (χ1n) is 11.9. The van der Waals surface area contributed by atoms with Crippen molar-refractivity contribution in [2.24, 2.45) is 5.41 Å². The fourth-order valence-corrected chi connectivity index (χ4v) is 5.44. The molecule has 6 heteroatoms. The smallest absolute Gasteiger partial charge is 0.238 e. The van der Waals surface area contributed by atoms with Crippen LogP contribution in [0.15, 0.2) is 48.5 Å². The van der Waals surface area contributed by atoms with Crippen LogP contribution >= 0.6 is 0 Å². The summed E-state index contributed by atoms with van der Waals surface area (Å²) in [6.45, 7) is 2.82. The van der Waals surface area contributed by atoms with E-state index in [9.17, 15) is 9.59 Å². The van der Waals surface area contributed by atoms with Crippen molar-refractivity contribution in [3.63, 3.8) is 0 Å². The molecule has 0 bridgehead atoms. The quantitative estimate of drug-likeness (QED) is 0.631. The van der Waals surface area contributed by atoms with Gasteiger partial charge in [-0.2, -0.15) is 0 Å². The molecule has 2 heterocycles. The van der Waals surface area contributed by atoms with Gasteiger partial charge in [-0.3, -0.25) is 9.59 Å². The lowest BCUT2D eigenvalue weighted by atomic mass is 9.98. The topological polar surface area (TPSA) is 59.1 Å². The van der Waals surface area contributed by atoms with Crippen molar-refractivity contribution >= 4 is 11.8 Å². The molecule has 0 spiro atoms. The summed E-state index contributed by atoms with van der Waals surface area (Å²) in [6.07, 6.45) is 3.23. The molecule has 174 valence electrons. The Balaban J connectivity index is 1.21. The zero-order chi connectivity index (χ0) is 23.0. The fourth-order valence-electron chi connectivity index (χ4n) is 5.44. The van der Waals surface area contributed by atoms with Crippen molar-refractivity contribution in [2.75, 3.05) is 40.4 Å². The monoisotopic (exact) mass is 448 g/mol. The van der Waals surface area contributed by atoms with Gasteiger partial charge in [0.25, 0.3) is 0 Å². The van der Waals surface area contributed by atoms with Crippen molar-refractivity contribution in [3.05, 3.63) is 59.7 Å². The molecule has 3 fully saturated rings. The molecule has 0 aromatic heterocycles. The summed E-state index contributed by atoms with van der Waals surface area (Å²) < 4.78 is 10.5. The summed E-state index contributed by atoms with van der Waals surface area (Å²) in [5.74, 6) is 2.39. The summed E-state index contributed by atoms with van der Waals surface area (Å²) in [7, 11) is 3.33. The van der Waals surface area contributed by atoms with E-state index in [0.29, 0.717) is 37.8 Å². The molecule has 33 heavy (non-hydrogen) atoms. The van der Waals surface area contributed by atoms with Crippen LogP contribution < -0.4 is 9.47 Å². The van der Waals surface area contributed by atoms with Gasteiger partial charge in [0.15, 0.2) is 0 Å². The fraction of sp³-hybridized carbons (Fsp3) is 0.481. The Morgan fingerprint density at radius 2 is 1.12 bits per heavy atom. The van der Waals surface area contributed by atoms with Crippen LogP contribution in [0.5, 0.6) is 11.5 Å². The van der Waals surface area contributed by atoms with E-state index in [-0.39, 0.29) is 11.8 Å². The van der Waals surface area contributed by atoms with E-state index < -0.39 is 5.41 Å². The minimum atomic E-state index is -0.816. The number of methoxy groups -OCH3 is 2. The molecule has 3 aliphatic rings. The number of ether oxygens (including phenoxy) is 2. The van der Waals surface area contributed by atoms with Gasteiger partial charge in [0.2, 0.25) is 11.8 Å². The molecule has 0 unspecified atom stereocenters. The van der Waals surface area contributed by atoms with E-state index in [2.05, 4.69) is 24.3 Å². The Morgan fingerprint density at radius 3 is 1.45 bits per heavy atom. The van der Waals surface area contributed by atoms with Gasteiger partial charge >= 0.3 is 0 Å². The van der Waals surface area contributed by atoms with Crippen LogP contribution in [0.2, 0.25) is 0 Å². The number of likely N-dealkylation sites (tertiary alicyclic amines) is 2. The highest BCUT2D eigenvalue weighted by atomic mass is 16.5. The second kappa shape index (κ2) is 8.73. The van der Waals surface area contributed by atoms with Crippen molar-refractivity contribution in [1.29, 1.82) is 0 Å². The lowest BCUT2D eigenvalue weighted by Gasteiger charge is -2.27. The van der Waals surface area contributed by atoms with Crippen LogP contribution in [0, 0.1) is 5.41 Å². The highest BCUT2D eigenvalue weighted by Gasteiger charge is 2.60. The summed E-state index contributed by atoms with van der Waals surface area (Å²) in [4.78, 5) is 30.8. The predicted octanol–water partition coefficient (Wildman–Crippen LogP) is 3.82. The van der Waals surface area contributed by atoms with E-state index in [0.717, 1.165) is 37.4 Å². The normalized spacial score (nSPS) is 23.5. The van der Waals surface area contributed by atoms with Gasteiger partial charge in [-0.15, -0.1) is 0 Å². The molecule has 1 aliphatic carbocycles. The molecule has 2 aromatic rings. The molecule has 2 amide bonds. The summed E-state index contributed by atoms with van der Waals surface area (Å²) in [5.41, 5.74) is 1.64. The highest BCUT2D eigenvalue weighted by Crippen LogP contribution is 2.50. The van der Waals surface area contributed by atoms with Crippen molar-refractivity contribution in [3.8, 4) is 11.5 Å². The van der Waals surface area contributed by atoms with Crippen molar-refractivity contribution < 1.29 is 19.1 Å². The van der Waals surface area contributed by atoms with E-state index in [1.165, 1.54) is 11.1 Å². The average Bonchev–Trinajstić information content (AvgIpc) is 3.28. The first-order valence-corrected chi connectivity index (χ1v) is 11.9. The Bertz CT molecular complexity index is 934. The van der Waals surface area contributed by atoms with Crippen LogP contribution in [0.1, 0.15) is 48.6 Å². The Kier molecular flexibility index (Phi) is 5.77. The SMILES string of the molecule is COc1ccc([C@@H]2CCN(C(=O)C3(C(=O)N4CC[C@H](c5ccc(OC)cc5)C4)CC3)C2)cc1. The second-order valence-electron chi connectivity index (χ2n) is 9.60. The van der Waals surface area contributed by atoms with Gasteiger partial charge in [-0.1, -0.05) is 24.3 Å². The molecule has 2 atom stereocenters. The largest absolute Gasteiger partial charge is 0.497 e. The number of carbonyl (C=O) groups excluding carboxylic acids is 2. The van der Waals surface area contributed by atoms with E-state index in [1.54, 1.807) is 14.2 Å². The standard InChI is InChI=1S/C27H32N2O4/c1-32-23-7-3-19(4-8-23)21-11-15-28(17-21)25(30)27(13-14-27)26(31)29-16-12-22(18-29)20-5-9-24(33-2)10-6-20/h3-10,21-22H,11-18H2,1-2H3/t21-,22+. The van der Waals surface area contributed by atoms with Gasteiger partial charge < -0.3 is 19.3 Å². The maximum atomic E-state index is 13.5. The van der Waals surface area contributed by atoms with Gasteiger partial charge in [-0.25, -0.2) is 0 Å². The Hall–Kier alpha value is -3.02. The van der Waals surface area contributed by atoms with Crippen LogP contribution in [0.4, 0.5) is 0 Å². The number of benzene rings is 2. The summed E-state index contributed by atoms with van der Waals surface area (Å²) >= 11 is 0. The Labute approximate surface area is 195 Å². The van der Waals surface area contributed by atoms with Crippen LogP contribution in [0.3, 0.4) is 0 Å². The molecule has 2 saturated heterocycles. The number of amides is 2. The summed E-state index contributed by atoms with van der Waals surface area (Å²) in [6, 6.07) is 16.2. The van der Waals surface area contributed by atoms with Gasteiger partial charge in [0.1, 0.15) is 16.9 Å². The number of carbonyl (C=O) groups is 2. The van der Waals surface area contributed by atoms with Crippen molar-refractivity contribution in [1.82, 2.24) is 9.80 Å². The first kappa shape index (κ1) is 21.8. The van der Waals surface area contributed by atoms with Gasteiger partial charge in [0.05, 0.1) is 14.2 Å². The maximum absolute atomic E-state index is 13.5. The third-order valence-corrected chi connectivity index (χ3v) is 7.69. The first-order chi connectivity index (χ1) is 16.0. The minimum absolute atomic E-state index is 0.0383. The van der Waals surface area contributed by atoms with Crippen molar-refractivity contribution in [2.45, 2.75) is 37.5 Å². The van der Waals surface area contributed by atoms with Crippen LogP contribution in [-0.4, -0.2) is 62.0 Å². The lowest BCUT2D eigenvalue weighted by Crippen LogP contribution is -2.45. The average molecular weight is 449 g/mol. The molecule has 6 nitrogen and oxygen atoms in total. The molecule has 0 radical (unpaired) electrons. The molecular weight excluding hydrogens is 416 g/mol. The molecule has 5 rings (SSSR count). The zero-order valence-electron chi connectivity index (χ0n) is 19.5. The molecule has 0 N–H and O–H groups in total. The maximum Gasteiger partial charge on any atom is 0.238 e. The third-order valence-electron chi connectivity index (χ3n) is 7.69. The van der Waals surface area contributed by atoms with Crippen LogP contribution in [-0.2, 0) is 9.59 Å². The predicted molar refractivity (Wildman–Crippen MR) is 126 cm³/mol. The van der Waals surface area contributed by atoms with E-state index >= 15 is 0 Å². The summed E-state index contributed by atoms with van der Waals surface area (Å²) in [5, 5.41) is 0. The third kappa shape index (κ3) is 4.07. The lowest BCUT2D eigenvalue weighted by molar-refractivity contribution is -0.148. The molecule has 1 saturated carbocycles. The number of hydrogen-bond acceptors (Lipinski definition) is 4. The molecule has 2 aliphatic heterocycles. The van der Waals surface area contributed by atoms with E-state index in [4.69, 9.17) is 9.47 Å². The van der Waals surface area contributed by atoms with Crippen LogP contribution in [0.25, 0.3) is 0 Å². The highest BCUT2D eigenvalue weighted by molar-refractivity contribution is 6.08. The van der Waals surface area contributed by atoms with Gasteiger partial charge in [-0.05, 0) is 61.1 Å².